The van der Waals surface area contributed by atoms with E-state index >= 15 is 0 Å². The van der Waals surface area contributed by atoms with Crippen molar-refractivity contribution in [3.05, 3.63) is 36.0 Å². The van der Waals surface area contributed by atoms with Crippen LogP contribution in [0.5, 0.6) is 0 Å². The van der Waals surface area contributed by atoms with Crippen LogP contribution in [0.15, 0.2) is 35.2 Å². The number of carboxylic acid groups (broad SMARTS) is 1. The summed E-state index contributed by atoms with van der Waals surface area (Å²) in [5.41, 5.74) is 0.726. The van der Waals surface area contributed by atoms with Crippen LogP contribution >= 0.6 is 11.8 Å². The number of nitrogens with one attached hydrogen (secondary N) is 1. The van der Waals surface area contributed by atoms with Gasteiger partial charge in [0.1, 0.15) is 5.69 Å². The van der Waals surface area contributed by atoms with Gasteiger partial charge in [-0.1, -0.05) is 30.0 Å². The maximum Gasteiger partial charge on any atom is 0.353 e. The number of hydrogen-bond donors (Lipinski definition) is 2. The van der Waals surface area contributed by atoms with E-state index in [4.69, 9.17) is 5.11 Å². The molecule has 0 saturated carbocycles. The van der Waals surface area contributed by atoms with Crippen molar-refractivity contribution in [1.82, 2.24) is 10.2 Å². The first-order valence-electron chi connectivity index (χ1n) is 4.91. The summed E-state index contributed by atoms with van der Waals surface area (Å²) in [7, 11) is 0. The van der Waals surface area contributed by atoms with E-state index in [9.17, 15) is 13.6 Å². The number of benzene rings is 1. The molecule has 0 saturated heterocycles. The van der Waals surface area contributed by atoms with Crippen molar-refractivity contribution in [3.63, 3.8) is 0 Å². The minimum atomic E-state index is -2.54. The average Bonchev–Trinajstić information content (AvgIpc) is 2.78. The Labute approximate surface area is 105 Å². The lowest BCUT2D eigenvalue weighted by molar-refractivity contribution is 0.0690. The van der Waals surface area contributed by atoms with Gasteiger partial charge in [-0.2, -0.15) is 13.9 Å². The van der Waals surface area contributed by atoms with E-state index in [0.717, 1.165) is 0 Å². The number of aromatic nitrogens is 2. The number of halogens is 2. The van der Waals surface area contributed by atoms with Crippen LogP contribution in [-0.2, 0) is 0 Å². The van der Waals surface area contributed by atoms with Gasteiger partial charge in [-0.05, 0) is 12.1 Å². The minimum absolute atomic E-state index is 0.0816. The van der Waals surface area contributed by atoms with E-state index in [1.54, 1.807) is 24.3 Å². The Morgan fingerprint density at radius 2 is 2.11 bits per heavy atom. The van der Waals surface area contributed by atoms with Gasteiger partial charge in [0.15, 0.2) is 0 Å². The minimum Gasteiger partial charge on any atom is -0.477 e. The molecule has 0 bridgehead atoms. The molecule has 0 spiro atoms. The van der Waals surface area contributed by atoms with Gasteiger partial charge >= 0.3 is 5.97 Å². The van der Waals surface area contributed by atoms with Gasteiger partial charge in [-0.3, -0.25) is 5.10 Å². The van der Waals surface area contributed by atoms with Crippen LogP contribution in [0.4, 0.5) is 8.78 Å². The first kappa shape index (κ1) is 12.6. The van der Waals surface area contributed by atoms with Crippen LogP contribution in [0, 0.1) is 0 Å². The summed E-state index contributed by atoms with van der Waals surface area (Å²) in [5.74, 6) is -3.68. The number of rotatable bonds is 4. The Kier molecular flexibility index (Phi) is 3.61. The van der Waals surface area contributed by atoms with Crippen molar-refractivity contribution < 1.29 is 18.7 Å². The van der Waals surface area contributed by atoms with Gasteiger partial charge in [0, 0.05) is 10.5 Å². The molecule has 1 aromatic heterocycles. The Hall–Kier alpha value is -1.89. The van der Waals surface area contributed by atoms with Crippen molar-refractivity contribution in [2.24, 2.45) is 0 Å². The Bertz CT molecular complexity index is 572. The lowest BCUT2D eigenvalue weighted by atomic mass is 10.1. The molecular weight excluding hydrogens is 262 g/mol. The molecule has 2 N–H and O–H groups in total. The number of nitrogens with zero attached hydrogens (tertiary/aromatic N) is 1. The molecule has 0 amide bonds. The number of carbonyl (C=O) groups is 1. The van der Waals surface area contributed by atoms with E-state index in [-0.39, 0.29) is 5.69 Å². The number of thioether (sulfide) groups is 1. The topological polar surface area (TPSA) is 66.0 Å². The van der Waals surface area contributed by atoms with Crippen LogP contribution in [0.2, 0.25) is 0 Å². The quantitative estimate of drug-likeness (QED) is 0.838. The smallest absolute Gasteiger partial charge is 0.353 e. The zero-order valence-electron chi connectivity index (χ0n) is 8.93. The van der Waals surface area contributed by atoms with Gasteiger partial charge < -0.3 is 5.11 Å². The zero-order chi connectivity index (χ0) is 13.1. The molecule has 0 radical (unpaired) electrons. The second-order valence-corrected chi connectivity index (χ2v) is 4.38. The Morgan fingerprint density at radius 1 is 1.39 bits per heavy atom. The Balaban J connectivity index is 2.39. The lowest BCUT2D eigenvalue weighted by Gasteiger charge is -2.05. The summed E-state index contributed by atoms with van der Waals surface area (Å²) in [6, 6.07) is 7.79. The van der Waals surface area contributed by atoms with Crippen molar-refractivity contribution in [1.29, 1.82) is 0 Å². The number of aromatic carboxylic acids is 1. The van der Waals surface area contributed by atoms with Crippen molar-refractivity contribution in [2.75, 3.05) is 0 Å². The molecule has 18 heavy (non-hydrogen) atoms. The van der Waals surface area contributed by atoms with Gasteiger partial charge in [0.05, 0.1) is 5.69 Å². The Morgan fingerprint density at radius 3 is 2.72 bits per heavy atom. The fourth-order valence-corrected chi connectivity index (χ4v) is 2.09. The molecule has 0 aliphatic carbocycles. The molecule has 0 unspecified atom stereocenters. The van der Waals surface area contributed by atoms with E-state index in [0.29, 0.717) is 27.9 Å². The van der Waals surface area contributed by atoms with E-state index in [1.165, 1.54) is 6.07 Å². The fourth-order valence-electron chi connectivity index (χ4n) is 1.45. The molecule has 0 aliphatic heterocycles. The normalized spacial score (nSPS) is 10.8. The molecule has 1 aromatic carbocycles. The number of alkyl halides is 2. The van der Waals surface area contributed by atoms with Crippen LogP contribution < -0.4 is 0 Å². The van der Waals surface area contributed by atoms with Gasteiger partial charge in [-0.25, -0.2) is 4.79 Å². The van der Waals surface area contributed by atoms with Crippen molar-refractivity contribution >= 4 is 17.7 Å². The molecule has 0 aliphatic rings. The van der Waals surface area contributed by atoms with Crippen molar-refractivity contribution in [2.45, 2.75) is 10.7 Å². The van der Waals surface area contributed by atoms with Gasteiger partial charge in [0.2, 0.25) is 0 Å². The van der Waals surface area contributed by atoms with E-state index in [2.05, 4.69) is 10.2 Å². The molecule has 0 fully saturated rings. The van der Waals surface area contributed by atoms with Crippen LogP contribution in [0.3, 0.4) is 0 Å². The standard InChI is InChI=1S/C11H8F2N2O2S/c12-11(13)18-9-4-2-1-3-6(9)7-5-8(10(16)17)15-14-7/h1-5,11H,(H,14,15)(H,16,17). The predicted molar refractivity (Wildman–Crippen MR) is 62.8 cm³/mol. The molecule has 2 rings (SSSR count). The highest BCUT2D eigenvalue weighted by atomic mass is 32.2. The van der Waals surface area contributed by atoms with Crippen LogP contribution in [-0.4, -0.2) is 27.0 Å². The molecular formula is C11H8F2N2O2S. The second kappa shape index (κ2) is 5.18. The highest BCUT2D eigenvalue weighted by Gasteiger charge is 2.14. The fraction of sp³-hybridized carbons (Fsp3) is 0.0909. The third kappa shape index (κ3) is 2.67. The molecule has 0 atom stereocenters. The van der Waals surface area contributed by atoms with Gasteiger partial charge in [0.25, 0.3) is 5.76 Å². The number of carboxylic acids is 1. The maximum absolute atomic E-state index is 12.4. The van der Waals surface area contributed by atoms with Crippen molar-refractivity contribution in [3.8, 4) is 11.3 Å². The largest absolute Gasteiger partial charge is 0.477 e. The number of aromatic amines is 1. The average molecular weight is 270 g/mol. The monoisotopic (exact) mass is 270 g/mol. The summed E-state index contributed by atoms with van der Waals surface area (Å²) in [4.78, 5) is 11.1. The van der Waals surface area contributed by atoms with E-state index in [1.807, 2.05) is 0 Å². The van der Waals surface area contributed by atoms with Gasteiger partial charge in [-0.15, -0.1) is 0 Å². The number of H-pyrrole nitrogens is 1. The second-order valence-electron chi connectivity index (χ2n) is 3.35. The molecule has 2 aromatic rings. The first-order chi connectivity index (χ1) is 8.58. The first-order valence-corrected chi connectivity index (χ1v) is 5.79. The zero-order valence-corrected chi connectivity index (χ0v) is 9.75. The summed E-state index contributed by atoms with van der Waals surface area (Å²) < 4.78 is 24.8. The molecule has 7 heteroatoms. The van der Waals surface area contributed by atoms with Crippen LogP contribution in [0.1, 0.15) is 10.5 Å². The maximum atomic E-state index is 12.4. The summed E-state index contributed by atoms with van der Waals surface area (Å²) >= 11 is 0.403. The molecule has 94 valence electrons. The molecule has 1 heterocycles. The third-order valence-corrected chi connectivity index (χ3v) is 2.98. The number of hydrogen-bond acceptors (Lipinski definition) is 3. The predicted octanol–water partition coefficient (Wildman–Crippen LogP) is 3.09. The summed E-state index contributed by atoms with van der Waals surface area (Å²) in [5, 5.41) is 14.9. The third-order valence-electron chi connectivity index (χ3n) is 2.19. The SMILES string of the molecule is O=C(O)c1cc(-c2ccccc2SC(F)F)n[nH]1. The molecule has 4 nitrogen and oxygen atoms in total. The summed E-state index contributed by atoms with van der Waals surface area (Å²) in [6.07, 6.45) is 0. The van der Waals surface area contributed by atoms with E-state index < -0.39 is 11.7 Å². The van der Waals surface area contributed by atoms with Crippen LogP contribution in [0.25, 0.3) is 11.3 Å². The highest BCUT2D eigenvalue weighted by Crippen LogP contribution is 2.33. The summed E-state index contributed by atoms with van der Waals surface area (Å²) in [6.45, 7) is 0. The highest BCUT2D eigenvalue weighted by molar-refractivity contribution is 7.99. The lowest BCUT2D eigenvalue weighted by Crippen LogP contribution is -1.95.